The molecule has 0 fully saturated rings. The predicted molar refractivity (Wildman–Crippen MR) is 481 cm³/mol. The first kappa shape index (κ1) is 68.7. The van der Waals surface area contributed by atoms with E-state index in [0.717, 1.165) is 39.3 Å². The molecule has 10 aromatic carbocycles. The zero-order valence-electron chi connectivity index (χ0n) is 75.2. The highest BCUT2D eigenvalue weighted by Gasteiger charge is 2.29. The van der Waals surface area contributed by atoms with E-state index in [-0.39, 0.29) is 5.41 Å². The molecule has 10 heterocycles. The summed E-state index contributed by atoms with van der Waals surface area (Å²) in [6, 6.07) is 91.8. The highest BCUT2D eigenvalue weighted by molar-refractivity contribution is 6.14. The summed E-state index contributed by atoms with van der Waals surface area (Å²) in [5, 5.41) is 12.7. The zero-order valence-corrected chi connectivity index (χ0v) is 69.2. The first-order valence-corrected chi connectivity index (χ1v) is 39.7. The van der Waals surface area contributed by atoms with E-state index in [1.807, 2.05) is 60.5 Å². The summed E-state index contributed by atoms with van der Waals surface area (Å²) in [4.78, 5) is 0. The maximum Gasteiger partial charge on any atom is 0.286 e. The lowest BCUT2D eigenvalue weighted by atomic mass is 9.88. The number of hydrogen-bond acceptors (Lipinski definition) is 0. The lowest BCUT2D eigenvalue weighted by Gasteiger charge is -2.19. The molecule has 0 radical (unpaired) electrons. The Labute approximate surface area is 684 Å². The zero-order chi connectivity index (χ0) is 85.6. The Hall–Kier alpha value is -13.1. The molecule has 0 atom stereocenters. The maximum atomic E-state index is 7.77. The second kappa shape index (κ2) is 30.5. The first-order chi connectivity index (χ1) is 57.8. The summed E-state index contributed by atoms with van der Waals surface area (Å²) in [5.74, 6) is 5.48. The average Bonchev–Trinajstić information content (AvgIpc) is 1.61. The average molecular weight is 1510 g/mol. The number of pyridine rings is 5. The molecule has 570 valence electrons. The van der Waals surface area contributed by atoms with Gasteiger partial charge in [0.25, 0.3) is 29.1 Å². The molecule has 20 aromatic rings. The first-order valence-electron chi connectivity index (χ1n) is 42.7. The Kier molecular flexibility index (Phi) is 18.2. The largest absolute Gasteiger partial charge is 0.286 e. The van der Waals surface area contributed by atoms with E-state index in [4.69, 9.17) is 8.22 Å². The Balaban J connectivity index is 0.000000113. The summed E-state index contributed by atoms with van der Waals surface area (Å²) in [6.07, 6.45) is 9.99. The minimum Gasteiger partial charge on any atom is -0.237 e. The van der Waals surface area contributed by atoms with Crippen molar-refractivity contribution in [2.45, 2.75) is 102 Å². The summed E-state index contributed by atoms with van der Waals surface area (Å²) < 4.78 is 68.2. The summed E-state index contributed by atoms with van der Waals surface area (Å²) in [7, 11) is 10.2. The number of rotatable bonds is 5. The molecule has 0 saturated heterocycles. The third kappa shape index (κ3) is 13.7. The van der Waals surface area contributed by atoms with Crippen molar-refractivity contribution in [3.05, 3.63) is 359 Å². The topological polar surface area (TPSA) is 44.0 Å². The van der Waals surface area contributed by atoms with Crippen LogP contribution >= 0.6 is 0 Å². The number of benzene rings is 10. The van der Waals surface area contributed by atoms with Crippen LogP contribution in [0.25, 0.3) is 138 Å². The molecule has 0 N–H and O–H groups in total. The smallest absolute Gasteiger partial charge is 0.237 e. The highest BCUT2D eigenvalue weighted by Crippen LogP contribution is 2.39. The van der Waals surface area contributed by atoms with Crippen LogP contribution in [0.5, 0.6) is 0 Å². The van der Waals surface area contributed by atoms with E-state index in [9.17, 15) is 0 Å². The molecular weight excluding hydrogens is 1400 g/mol. The quantitative estimate of drug-likeness (QED) is 0.154. The third-order valence-corrected chi connectivity index (χ3v) is 23.1. The van der Waals surface area contributed by atoms with Crippen LogP contribution in [0.3, 0.4) is 0 Å². The fraction of sp³-hybridized carbons (Fsp3) is 0.190. The van der Waals surface area contributed by atoms with Crippen LogP contribution < -0.4 is 22.8 Å². The van der Waals surface area contributed by atoms with Crippen molar-refractivity contribution < 1.29 is 31.1 Å². The molecule has 0 aliphatic carbocycles. The van der Waals surface area contributed by atoms with E-state index in [1.54, 1.807) is 18.5 Å². The Morgan fingerprint density at radius 2 is 0.513 bits per heavy atom. The van der Waals surface area contributed by atoms with Crippen LogP contribution in [0.15, 0.2) is 292 Å². The van der Waals surface area contributed by atoms with E-state index >= 15 is 0 Å². The van der Waals surface area contributed by atoms with Crippen molar-refractivity contribution in [1.29, 1.82) is 0 Å². The van der Waals surface area contributed by atoms with Crippen LogP contribution in [0.1, 0.15) is 95.8 Å². The lowest BCUT2D eigenvalue weighted by Crippen LogP contribution is -2.34. The van der Waals surface area contributed by atoms with E-state index in [1.165, 1.54) is 154 Å². The summed E-state index contributed by atoms with van der Waals surface area (Å²) >= 11 is 0. The van der Waals surface area contributed by atoms with Crippen LogP contribution in [0.4, 0.5) is 0 Å². The molecule has 20 rings (SSSR count). The van der Waals surface area contributed by atoms with Gasteiger partial charge >= 0.3 is 0 Å². The number of hydrogen-bond donors (Lipinski definition) is 0. The van der Waals surface area contributed by atoms with Gasteiger partial charge in [-0.2, -0.15) is 22.8 Å². The lowest BCUT2D eigenvalue weighted by molar-refractivity contribution is -0.665. The molecule has 10 nitrogen and oxygen atoms in total. The second-order valence-corrected chi connectivity index (χ2v) is 32.3. The van der Waals surface area contributed by atoms with Crippen molar-refractivity contribution >= 4 is 109 Å². The molecule has 115 heavy (non-hydrogen) atoms. The molecule has 0 amide bonds. The number of fused-ring (bicyclic) bond motifs is 15. The summed E-state index contributed by atoms with van der Waals surface area (Å²) in [6.45, 7) is 21.7. The van der Waals surface area contributed by atoms with Gasteiger partial charge in [-0.05, 0) is 257 Å². The molecule has 10 aromatic heterocycles. The van der Waals surface area contributed by atoms with Gasteiger partial charge in [0.1, 0.15) is 55.2 Å². The van der Waals surface area contributed by atoms with Gasteiger partial charge in [-0.15, -0.1) is 0 Å². The van der Waals surface area contributed by atoms with Gasteiger partial charge in [0.05, 0.1) is 66.2 Å². The Morgan fingerprint density at radius 3 is 0.835 bits per heavy atom. The SMILES string of the molecule is Cc1cc(-n2c3ccccc3c3cccc(C)c32)[n+](C)cc1C.Cc1ccc(-n2c3ccccc3c3cccc(C)c32)[n+](C)c1.Cc1cccc2c3ccccc3n(-c3cc(C(C)(C)C)cc[n+]3C)c12.[2H]C([2H])([2H])c1c[n+](C)c(-n2c3ccccc3c3cccc(C)c32)cc1C.[2H]C([2H])([2H])c1ccc(-n2c3ccccc3c3cccc(C)c32)[n+](C)c1. The molecule has 0 aliphatic rings. The van der Waals surface area contributed by atoms with Crippen LogP contribution in [-0.4, -0.2) is 22.8 Å². The minimum absolute atomic E-state index is 0.122. The van der Waals surface area contributed by atoms with E-state index in [2.05, 4.69) is 377 Å². The van der Waals surface area contributed by atoms with E-state index in [0.29, 0.717) is 11.1 Å². The van der Waals surface area contributed by atoms with Gasteiger partial charge in [0.15, 0.2) is 0 Å². The van der Waals surface area contributed by atoms with Gasteiger partial charge in [0, 0.05) is 92.4 Å². The van der Waals surface area contributed by atoms with Gasteiger partial charge in [0.2, 0.25) is 0 Å². The van der Waals surface area contributed by atoms with Crippen molar-refractivity contribution in [3.8, 4) is 29.1 Å². The fourth-order valence-electron chi connectivity index (χ4n) is 17.2. The fourth-order valence-corrected chi connectivity index (χ4v) is 17.2. The van der Waals surface area contributed by atoms with Gasteiger partial charge in [-0.25, -0.2) is 22.8 Å². The van der Waals surface area contributed by atoms with Crippen LogP contribution in [0, 0.1) is 76.0 Å². The number of nitrogens with zero attached hydrogens (tertiary/aromatic N) is 10. The minimum atomic E-state index is -2.11. The van der Waals surface area contributed by atoms with Gasteiger partial charge in [-0.1, -0.05) is 142 Å². The van der Waals surface area contributed by atoms with Gasteiger partial charge in [-0.3, -0.25) is 0 Å². The standard InChI is InChI=1S/C23H25N2.2C21H21N2.2C20H19N2/c1-16-9-8-11-19-18-10-6-7-12-20(18)25(22(16)19)21-15-17(23(2,3)4)13-14-24(21)5;2*1-14-8-7-10-18-17-9-5-6-11-19(17)23(21(14)18)20-12-15(2)16(3)13-22(20)4;2*1-14-11-12-19(21(3)13-14)22-18-10-5-4-8-16(18)17-9-6-7-15(2)20(17)22/h6-15H,1-5H3;2*5-13H,1-4H3;2*4-13H,1-3H3/q5*+1/i;3D3;;1D3;. The highest BCUT2D eigenvalue weighted by atomic mass is 15.2. The second-order valence-electron chi connectivity index (χ2n) is 32.3. The number of aryl methyl sites for hydroxylation is 16. The van der Waals surface area contributed by atoms with Crippen LogP contribution in [-0.2, 0) is 40.7 Å². The molecule has 0 unspecified atom stereocenters. The monoisotopic (exact) mass is 1510 g/mol. The van der Waals surface area contributed by atoms with E-state index < -0.39 is 13.7 Å². The predicted octanol–water partition coefficient (Wildman–Crippen LogP) is 22.7. The van der Waals surface area contributed by atoms with Gasteiger partial charge < -0.3 is 0 Å². The number of para-hydroxylation sites is 10. The van der Waals surface area contributed by atoms with Crippen molar-refractivity contribution in [1.82, 2.24) is 22.8 Å². The molecular formula is C105H105N10+5. The molecule has 0 spiro atoms. The Morgan fingerprint density at radius 1 is 0.235 bits per heavy atom. The molecule has 10 heteroatoms. The third-order valence-electron chi connectivity index (χ3n) is 23.1. The van der Waals surface area contributed by atoms with Crippen molar-refractivity contribution in [3.63, 3.8) is 0 Å². The van der Waals surface area contributed by atoms with Crippen molar-refractivity contribution in [2.75, 3.05) is 0 Å². The van der Waals surface area contributed by atoms with Crippen molar-refractivity contribution in [2.24, 2.45) is 35.2 Å². The molecule has 0 aliphatic heterocycles. The van der Waals surface area contributed by atoms with Crippen LogP contribution in [0.2, 0.25) is 0 Å². The Bertz CT molecular complexity index is 7480. The normalized spacial score (nSPS) is 12.6. The molecule has 0 saturated carbocycles. The molecule has 0 bridgehead atoms. The summed E-state index contributed by atoms with van der Waals surface area (Å²) in [5.41, 5.74) is 25.4. The number of aromatic nitrogens is 10. The maximum absolute atomic E-state index is 7.77.